The van der Waals surface area contributed by atoms with E-state index in [2.05, 4.69) is 5.32 Å². The Kier molecular flexibility index (Phi) is 8.25. The molecule has 38 heavy (non-hydrogen) atoms. The van der Waals surface area contributed by atoms with Crippen molar-refractivity contribution in [2.24, 2.45) is 5.92 Å². The van der Waals surface area contributed by atoms with E-state index in [1.54, 1.807) is 69.7 Å². The molecule has 0 bridgehead atoms. The summed E-state index contributed by atoms with van der Waals surface area (Å²) in [5, 5.41) is 3.01. The maximum absolute atomic E-state index is 13.8. The molecule has 1 aliphatic heterocycles. The van der Waals surface area contributed by atoms with Gasteiger partial charge in [-0.3, -0.25) is 9.59 Å². The number of methoxy groups -OCH3 is 5. The van der Waals surface area contributed by atoms with Crippen LogP contribution in [-0.4, -0.2) is 47.4 Å². The summed E-state index contributed by atoms with van der Waals surface area (Å²) in [4.78, 5) is 28.8. The van der Waals surface area contributed by atoms with E-state index in [0.717, 1.165) is 5.56 Å². The third-order valence-electron chi connectivity index (χ3n) is 6.68. The highest BCUT2D eigenvalue weighted by atomic mass is 16.5. The van der Waals surface area contributed by atoms with Gasteiger partial charge >= 0.3 is 0 Å². The number of piperidine rings is 1. The Morgan fingerprint density at radius 1 is 0.763 bits per heavy atom. The van der Waals surface area contributed by atoms with Crippen LogP contribution in [0.3, 0.4) is 0 Å². The zero-order valence-corrected chi connectivity index (χ0v) is 22.1. The molecular formula is C29H32N2O7. The summed E-state index contributed by atoms with van der Waals surface area (Å²) in [5.74, 6) is 1.94. The van der Waals surface area contributed by atoms with Crippen LogP contribution in [0.5, 0.6) is 28.7 Å². The van der Waals surface area contributed by atoms with Gasteiger partial charge in [0, 0.05) is 23.9 Å². The normalized spacial score (nSPS) is 17.0. The zero-order chi connectivity index (χ0) is 27.2. The number of carbonyl (C=O) groups excluding carboxylic acids is 2. The smallest absolute Gasteiger partial charge is 0.229 e. The molecule has 3 aromatic rings. The van der Waals surface area contributed by atoms with Crippen molar-refractivity contribution in [2.75, 3.05) is 45.8 Å². The van der Waals surface area contributed by atoms with Crippen LogP contribution in [0.25, 0.3) is 0 Å². The molecule has 200 valence electrons. The molecule has 0 radical (unpaired) electrons. The second-order valence-corrected chi connectivity index (χ2v) is 8.73. The lowest BCUT2D eigenvalue weighted by atomic mass is 9.83. The highest BCUT2D eigenvalue weighted by molar-refractivity contribution is 6.00. The van der Waals surface area contributed by atoms with E-state index in [-0.39, 0.29) is 18.2 Å². The van der Waals surface area contributed by atoms with Crippen LogP contribution >= 0.6 is 0 Å². The van der Waals surface area contributed by atoms with Gasteiger partial charge in [-0.25, -0.2) is 0 Å². The predicted molar refractivity (Wildman–Crippen MR) is 144 cm³/mol. The largest absolute Gasteiger partial charge is 0.497 e. The lowest BCUT2D eigenvalue weighted by molar-refractivity contribution is -0.125. The van der Waals surface area contributed by atoms with Gasteiger partial charge in [-0.15, -0.1) is 0 Å². The molecule has 0 saturated carbocycles. The van der Waals surface area contributed by atoms with E-state index in [0.29, 0.717) is 46.5 Å². The minimum Gasteiger partial charge on any atom is -0.497 e. The average Bonchev–Trinajstić information content (AvgIpc) is 2.96. The van der Waals surface area contributed by atoms with Crippen molar-refractivity contribution in [2.45, 2.75) is 18.9 Å². The number of amides is 2. The summed E-state index contributed by atoms with van der Waals surface area (Å²) >= 11 is 0. The monoisotopic (exact) mass is 520 g/mol. The third kappa shape index (κ3) is 5.32. The first-order valence-electron chi connectivity index (χ1n) is 12.1. The highest BCUT2D eigenvalue weighted by Gasteiger charge is 2.42. The van der Waals surface area contributed by atoms with Crippen molar-refractivity contribution in [3.05, 3.63) is 66.2 Å². The van der Waals surface area contributed by atoms with E-state index >= 15 is 0 Å². The molecule has 0 aromatic heterocycles. The molecule has 9 heteroatoms. The molecule has 1 fully saturated rings. The summed E-state index contributed by atoms with van der Waals surface area (Å²) in [6.45, 7) is 0. The predicted octanol–water partition coefficient (Wildman–Crippen LogP) is 4.85. The van der Waals surface area contributed by atoms with E-state index in [1.807, 2.05) is 24.3 Å². The molecular weight excluding hydrogens is 488 g/mol. The Morgan fingerprint density at radius 2 is 1.37 bits per heavy atom. The molecule has 0 spiro atoms. The summed E-state index contributed by atoms with van der Waals surface area (Å²) in [7, 11) is 7.79. The van der Waals surface area contributed by atoms with E-state index in [1.165, 1.54) is 7.11 Å². The second-order valence-electron chi connectivity index (χ2n) is 8.73. The van der Waals surface area contributed by atoms with Gasteiger partial charge < -0.3 is 33.9 Å². The maximum atomic E-state index is 13.8. The van der Waals surface area contributed by atoms with E-state index in [4.69, 9.17) is 23.7 Å². The fourth-order valence-electron chi connectivity index (χ4n) is 4.78. The highest BCUT2D eigenvalue weighted by Crippen LogP contribution is 2.43. The minimum atomic E-state index is -0.593. The Balaban J connectivity index is 1.76. The molecule has 1 aliphatic rings. The first kappa shape index (κ1) is 26.7. The molecule has 1 saturated heterocycles. The summed E-state index contributed by atoms with van der Waals surface area (Å²) in [6.07, 6.45) is 0.601. The molecule has 1 heterocycles. The number of nitrogens with one attached hydrogen (secondary N) is 1. The molecule has 0 aliphatic carbocycles. The summed E-state index contributed by atoms with van der Waals surface area (Å²) in [5.41, 5.74) is 1.98. The van der Waals surface area contributed by atoms with Crippen LogP contribution in [0.2, 0.25) is 0 Å². The number of rotatable bonds is 9. The van der Waals surface area contributed by atoms with Gasteiger partial charge in [-0.2, -0.15) is 0 Å². The van der Waals surface area contributed by atoms with E-state index in [9.17, 15) is 9.59 Å². The number of anilines is 2. The molecule has 2 atom stereocenters. The Morgan fingerprint density at radius 3 is 1.97 bits per heavy atom. The van der Waals surface area contributed by atoms with Crippen molar-refractivity contribution in [1.82, 2.24) is 0 Å². The van der Waals surface area contributed by atoms with Crippen molar-refractivity contribution < 1.29 is 33.3 Å². The van der Waals surface area contributed by atoms with Crippen molar-refractivity contribution in [1.29, 1.82) is 0 Å². The zero-order valence-electron chi connectivity index (χ0n) is 22.1. The number of nitrogens with zero attached hydrogens (tertiary/aromatic N) is 1. The number of benzene rings is 3. The van der Waals surface area contributed by atoms with Crippen LogP contribution in [0.15, 0.2) is 60.7 Å². The van der Waals surface area contributed by atoms with Gasteiger partial charge in [0.15, 0.2) is 23.0 Å². The SMILES string of the molecule is COc1ccc(N2C(=O)CC[C@H](C(=O)Nc3ccc(OC)c(OC)c3)[C@H]2c2ccc(OC)c(OC)c2)cc1. The number of carbonyl (C=O) groups is 2. The fourth-order valence-corrected chi connectivity index (χ4v) is 4.78. The first-order valence-corrected chi connectivity index (χ1v) is 12.1. The Labute approximate surface area is 222 Å². The first-order chi connectivity index (χ1) is 18.4. The van der Waals surface area contributed by atoms with Crippen LogP contribution in [0.1, 0.15) is 24.4 Å². The lowest BCUT2D eigenvalue weighted by Crippen LogP contribution is -2.47. The lowest BCUT2D eigenvalue weighted by Gasteiger charge is -2.41. The van der Waals surface area contributed by atoms with Crippen LogP contribution in [0.4, 0.5) is 11.4 Å². The molecule has 9 nitrogen and oxygen atoms in total. The van der Waals surface area contributed by atoms with Crippen molar-refractivity contribution in [3.63, 3.8) is 0 Å². The molecule has 2 amide bonds. The number of ether oxygens (including phenoxy) is 5. The Bertz CT molecular complexity index is 1290. The van der Waals surface area contributed by atoms with Crippen molar-refractivity contribution in [3.8, 4) is 28.7 Å². The van der Waals surface area contributed by atoms with Gasteiger partial charge in [-0.1, -0.05) is 6.07 Å². The van der Waals surface area contributed by atoms with Gasteiger partial charge in [0.2, 0.25) is 11.8 Å². The summed E-state index contributed by atoms with van der Waals surface area (Å²) < 4.78 is 26.9. The molecule has 4 rings (SSSR count). The Hall–Kier alpha value is -4.40. The van der Waals surface area contributed by atoms with Crippen LogP contribution < -0.4 is 33.9 Å². The van der Waals surface area contributed by atoms with Gasteiger partial charge in [0.25, 0.3) is 0 Å². The van der Waals surface area contributed by atoms with Crippen LogP contribution in [0, 0.1) is 5.92 Å². The number of hydrogen-bond acceptors (Lipinski definition) is 7. The topological polar surface area (TPSA) is 95.6 Å². The standard InChI is InChI=1S/C29H32N2O7/c1-34-21-10-8-20(9-11-21)31-27(32)15-12-22(28(31)18-6-13-23(35-2)25(16-18)37-4)29(33)30-19-7-14-24(36-3)26(17-19)38-5/h6-11,13-14,16-17,22,28H,12,15H2,1-5H3,(H,30,33)/t22-,28+/m0/s1. The quantitative estimate of drug-likeness (QED) is 0.431. The van der Waals surface area contributed by atoms with Gasteiger partial charge in [0.05, 0.1) is 47.5 Å². The molecule has 1 N–H and O–H groups in total. The molecule has 3 aromatic carbocycles. The number of hydrogen-bond donors (Lipinski definition) is 1. The van der Waals surface area contributed by atoms with Gasteiger partial charge in [-0.05, 0) is 60.5 Å². The third-order valence-corrected chi connectivity index (χ3v) is 6.68. The maximum Gasteiger partial charge on any atom is 0.229 e. The second kappa shape index (κ2) is 11.8. The van der Waals surface area contributed by atoms with Crippen molar-refractivity contribution >= 4 is 23.2 Å². The minimum absolute atomic E-state index is 0.0786. The average molecular weight is 521 g/mol. The van der Waals surface area contributed by atoms with Crippen LogP contribution in [-0.2, 0) is 9.59 Å². The van der Waals surface area contributed by atoms with Gasteiger partial charge in [0.1, 0.15) is 5.75 Å². The summed E-state index contributed by atoms with van der Waals surface area (Å²) in [6, 6.07) is 17.3. The molecule has 0 unspecified atom stereocenters. The fraction of sp³-hybridized carbons (Fsp3) is 0.310. The van der Waals surface area contributed by atoms with E-state index < -0.39 is 12.0 Å².